The Bertz CT molecular complexity index is 883. The van der Waals surface area contributed by atoms with E-state index in [2.05, 4.69) is 37.0 Å². The van der Waals surface area contributed by atoms with Gasteiger partial charge in [0.2, 0.25) is 0 Å². The second kappa shape index (κ2) is 10.4. The van der Waals surface area contributed by atoms with Gasteiger partial charge in [-0.15, -0.1) is 15.0 Å². The van der Waals surface area contributed by atoms with Crippen molar-refractivity contribution in [2.45, 2.75) is 84.5 Å². The molecule has 3 aromatic rings. The Labute approximate surface area is 175 Å². The van der Waals surface area contributed by atoms with Crippen LogP contribution < -0.4 is 0 Å². The van der Waals surface area contributed by atoms with Crippen molar-refractivity contribution in [1.82, 2.24) is 15.0 Å². The predicted molar refractivity (Wildman–Crippen MR) is 121 cm³/mol. The maximum absolute atomic E-state index is 11.2. The van der Waals surface area contributed by atoms with E-state index in [1.54, 1.807) is 4.80 Å². The second-order valence-corrected chi connectivity index (χ2v) is 8.24. The van der Waals surface area contributed by atoms with Crippen molar-refractivity contribution >= 4 is 11.0 Å². The summed E-state index contributed by atoms with van der Waals surface area (Å²) in [4.78, 5) is 1.59. The fourth-order valence-electron chi connectivity index (χ4n) is 4.19. The normalized spacial score (nSPS) is 12.5. The minimum Gasteiger partial charge on any atom is -0.505 e. The summed E-state index contributed by atoms with van der Waals surface area (Å²) < 4.78 is 0. The highest BCUT2D eigenvalue weighted by molar-refractivity contribution is 5.73. The molecule has 156 valence electrons. The van der Waals surface area contributed by atoms with Crippen LogP contribution in [0.5, 0.6) is 5.75 Å². The molecule has 1 atom stereocenters. The molecule has 0 aliphatic carbocycles. The molecule has 0 aliphatic rings. The number of phenols is 1. The fourth-order valence-corrected chi connectivity index (χ4v) is 4.19. The van der Waals surface area contributed by atoms with Gasteiger partial charge in [-0.25, -0.2) is 0 Å². The van der Waals surface area contributed by atoms with Gasteiger partial charge in [-0.1, -0.05) is 77.0 Å². The van der Waals surface area contributed by atoms with Crippen LogP contribution in [0, 0.1) is 6.92 Å². The van der Waals surface area contributed by atoms with Gasteiger partial charge in [0.05, 0.1) is 0 Å². The molecule has 3 rings (SSSR count). The van der Waals surface area contributed by atoms with Crippen LogP contribution in [0.4, 0.5) is 0 Å². The van der Waals surface area contributed by atoms with Crippen LogP contribution in [0.3, 0.4) is 0 Å². The Morgan fingerprint density at radius 1 is 0.862 bits per heavy atom. The average molecular weight is 394 g/mol. The summed E-state index contributed by atoms with van der Waals surface area (Å²) in [5.41, 5.74) is 4.55. The average Bonchev–Trinajstić information content (AvgIpc) is 3.15. The zero-order valence-electron chi connectivity index (χ0n) is 18.2. The monoisotopic (exact) mass is 393 g/mol. The van der Waals surface area contributed by atoms with Crippen LogP contribution in [-0.4, -0.2) is 20.1 Å². The largest absolute Gasteiger partial charge is 0.505 e. The number of benzene rings is 2. The molecule has 1 aromatic heterocycles. The first-order valence-corrected chi connectivity index (χ1v) is 11.3. The number of aromatic nitrogens is 3. The first-order valence-electron chi connectivity index (χ1n) is 11.3. The van der Waals surface area contributed by atoms with Crippen LogP contribution in [-0.2, 0) is 0 Å². The lowest BCUT2D eigenvalue weighted by molar-refractivity contribution is 0.439. The summed E-state index contributed by atoms with van der Waals surface area (Å²) in [5.74, 6) is 0.718. The zero-order chi connectivity index (χ0) is 20.6. The van der Waals surface area contributed by atoms with Crippen LogP contribution in [0.1, 0.15) is 88.7 Å². The van der Waals surface area contributed by atoms with Crippen molar-refractivity contribution in [1.29, 1.82) is 0 Å². The van der Waals surface area contributed by atoms with Gasteiger partial charge in [0.25, 0.3) is 0 Å². The highest BCUT2D eigenvalue weighted by atomic mass is 16.3. The van der Waals surface area contributed by atoms with E-state index in [-0.39, 0.29) is 0 Å². The van der Waals surface area contributed by atoms with Crippen LogP contribution in [0.25, 0.3) is 16.7 Å². The molecule has 0 fully saturated rings. The maximum atomic E-state index is 11.2. The molecule has 2 aromatic carbocycles. The third-order valence-electron chi connectivity index (χ3n) is 5.75. The molecule has 0 saturated heterocycles. The van der Waals surface area contributed by atoms with Gasteiger partial charge in [0.1, 0.15) is 22.5 Å². The molecule has 1 unspecified atom stereocenters. The van der Waals surface area contributed by atoms with Gasteiger partial charge < -0.3 is 5.11 Å². The SMILES string of the molecule is CCCCCCCCC(CCC)c1cc(C)cc(-n2nc3ccccc3n2)c1O. The van der Waals surface area contributed by atoms with Crippen molar-refractivity contribution in [2.75, 3.05) is 0 Å². The number of nitrogens with zero attached hydrogens (tertiary/aromatic N) is 3. The minimum absolute atomic E-state index is 0.334. The highest BCUT2D eigenvalue weighted by Gasteiger charge is 2.20. The van der Waals surface area contributed by atoms with E-state index in [0.717, 1.165) is 41.4 Å². The molecule has 4 heteroatoms. The number of aromatic hydroxyl groups is 1. The molecule has 0 aliphatic heterocycles. The van der Waals surface area contributed by atoms with Crippen molar-refractivity contribution in [3.63, 3.8) is 0 Å². The van der Waals surface area contributed by atoms with Crippen LogP contribution in [0.15, 0.2) is 36.4 Å². The van der Waals surface area contributed by atoms with E-state index in [1.807, 2.05) is 30.3 Å². The number of unbranched alkanes of at least 4 members (excludes halogenated alkanes) is 5. The summed E-state index contributed by atoms with van der Waals surface area (Å²) in [5, 5.41) is 20.3. The summed E-state index contributed by atoms with van der Waals surface area (Å²) in [6.07, 6.45) is 11.1. The Kier molecular flexibility index (Phi) is 7.68. The lowest BCUT2D eigenvalue weighted by Gasteiger charge is -2.20. The molecule has 4 nitrogen and oxygen atoms in total. The quantitative estimate of drug-likeness (QED) is 0.354. The molecular weight excluding hydrogens is 358 g/mol. The summed E-state index contributed by atoms with van der Waals surface area (Å²) in [6, 6.07) is 11.9. The topological polar surface area (TPSA) is 50.9 Å². The van der Waals surface area contributed by atoms with Crippen LogP contribution >= 0.6 is 0 Å². The third-order valence-corrected chi connectivity index (χ3v) is 5.75. The Hall–Kier alpha value is -2.36. The van der Waals surface area contributed by atoms with E-state index in [4.69, 9.17) is 0 Å². The molecule has 0 amide bonds. The summed E-state index contributed by atoms with van der Waals surface area (Å²) in [6.45, 7) is 6.57. The lowest BCUT2D eigenvalue weighted by atomic mass is 9.87. The predicted octanol–water partition coefficient (Wildman–Crippen LogP) is 7.07. The number of fused-ring (bicyclic) bond motifs is 1. The molecule has 1 N–H and O–H groups in total. The third kappa shape index (κ3) is 5.37. The van der Waals surface area contributed by atoms with E-state index < -0.39 is 0 Å². The van der Waals surface area contributed by atoms with Crippen molar-refractivity contribution in [3.8, 4) is 11.4 Å². The summed E-state index contributed by atoms with van der Waals surface area (Å²) in [7, 11) is 0. The van der Waals surface area contributed by atoms with E-state index in [0.29, 0.717) is 17.4 Å². The first-order chi connectivity index (χ1) is 14.1. The Balaban J connectivity index is 1.83. The molecule has 29 heavy (non-hydrogen) atoms. The molecular formula is C25H35N3O. The first kappa shape index (κ1) is 21.4. The molecule has 1 heterocycles. The van der Waals surface area contributed by atoms with Gasteiger partial charge in [0, 0.05) is 0 Å². The van der Waals surface area contributed by atoms with Gasteiger partial charge in [-0.05, 0) is 55.0 Å². The number of rotatable bonds is 11. The van der Waals surface area contributed by atoms with Gasteiger partial charge in [-0.2, -0.15) is 0 Å². The smallest absolute Gasteiger partial charge is 0.146 e. The molecule has 0 saturated carbocycles. The van der Waals surface area contributed by atoms with Crippen LogP contribution in [0.2, 0.25) is 0 Å². The number of phenolic OH excluding ortho intramolecular Hbond substituents is 1. The molecule has 0 bridgehead atoms. The number of aryl methyl sites for hydroxylation is 1. The molecule has 0 spiro atoms. The van der Waals surface area contributed by atoms with Gasteiger partial charge >= 0.3 is 0 Å². The van der Waals surface area contributed by atoms with Crippen molar-refractivity contribution < 1.29 is 5.11 Å². The minimum atomic E-state index is 0.334. The standard InChI is InChI=1S/C25H35N3O/c1-4-6-7-8-9-10-14-20(13-5-2)21-17-19(3)18-24(25(21)29)28-26-22-15-11-12-16-23(22)27-28/h11-12,15-18,20,29H,4-10,13-14H2,1-3H3. The van der Waals surface area contributed by atoms with Crippen molar-refractivity contribution in [3.05, 3.63) is 47.5 Å². The highest BCUT2D eigenvalue weighted by Crippen LogP contribution is 2.38. The van der Waals surface area contributed by atoms with Crippen molar-refractivity contribution in [2.24, 2.45) is 0 Å². The second-order valence-electron chi connectivity index (χ2n) is 8.24. The van der Waals surface area contributed by atoms with Gasteiger partial charge in [-0.3, -0.25) is 0 Å². The van der Waals surface area contributed by atoms with Gasteiger partial charge in [0.15, 0.2) is 0 Å². The van der Waals surface area contributed by atoms with E-state index in [9.17, 15) is 5.11 Å². The number of hydrogen-bond donors (Lipinski definition) is 1. The Morgan fingerprint density at radius 3 is 2.17 bits per heavy atom. The summed E-state index contributed by atoms with van der Waals surface area (Å²) >= 11 is 0. The van der Waals surface area contributed by atoms with E-state index in [1.165, 1.54) is 38.5 Å². The van der Waals surface area contributed by atoms with E-state index >= 15 is 0 Å². The lowest BCUT2D eigenvalue weighted by Crippen LogP contribution is -2.05. The maximum Gasteiger partial charge on any atom is 0.146 e. The Morgan fingerprint density at radius 2 is 1.52 bits per heavy atom. The number of hydrogen-bond acceptors (Lipinski definition) is 3. The molecule has 0 radical (unpaired) electrons. The zero-order valence-corrected chi connectivity index (χ0v) is 18.2. The fraction of sp³-hybridized carbons (Fsp3) is 0.520.